The Balaban J connectivity index is 1.75. The van der Waals surface area contributed by atoms with Gasteiger partial charge in [0.25, 0.3) is 0 Å². The molecule has 4 N–H and O–H groups in total. The van der Waals surface area contributed by atoms with Gasteiger partial charge in [-0.2, -0.15) is 19.5 Å². The van der Waals surface area contributed by atoms with Crippen LogP contribution in [0, 0.1) is 12.0 Å². The fourth-order valence-electron chi connectivity index (χ4n) is 3.68. The number of hydrogen-bond acceptors (Lipinski definition) is 7. The molecule has 32 heavy (non-hydrogen) atoms. The number of ether oxygens (including phenoxy) is 1. The lowest BCUT2D eigenvalue weighted by Crippen LogP contribution is -2.25. The lowest BCUT2D eigenvalue weighted by Gasteiger charge is -2.13. The predicted octanol–water partition coefficient (Wildman–Crippen LogP) is 2.78. The molecule has 4 aromatic rings. The maximum absolute atomic E-state index is 14.0. The molecule has 3 aromatic heterocycles. The van der Waals surface area contributed by atoms with Crippen molar-refractivity contribution in [3.05, 3.63) is 48.1 Å². The number of hydrogen-bond donors (Lipinski definition) is 3. The van der Waals surface area contributed by atoms with Gasteiger partial charge in [-0.3, -0.25) is 5.10 Å². The molecule has 0 atom stereocenters. The molecule has 0 bridgehead atoms. The highest BCUT2D eigenvalue weighted by molar-refractivity contribution is 5.82. The van der Waals surface area contributed by atoms with Gasteiger partial charge in [0.05, 0.1) is 13.3 Å². The van der Waals surface area contributed by atoms with Crippen LogP contribution in [-0.2, 0) is 13.0 Å². The summed E-state index contributed by atoms with van der Waals surface area (Å²) in [6.07, 6.45) is 3.21. The highest BCUT2D eigenvalue weighted by Crippen LogP contribution is 2.30. The van der Waals surface area contributed by atoms with Crippen LogP contribution in [0.25, 0.3) is 22.3 Å². The second-order valence-electron chi connectivity index (χ2n) is 8.01. The molecule has 3 heterocycles. The number of aromatic amines is 1. The van der Waals surface area contributed by atoms with Gasteiger partial charge in [0.15, 0.2) is 17.0 Å². The van der Waals surface area contributed by atoms with Crippen LogP contribution in [0.1, 0.15) is 25.2 Å². The quantitative estimate of drug-likeness (QED) is 0.271. The number of fused-ring (bicyclic) bond motifs is 1. The first-order chi connectivity index (χ1) is 15.5. The van der Waals surface area contributed by atoms with Crippen molar-refractivity contribution in [2.75, 3.05) is 25.9 Å². The summed E-state index contributed by atoms with van der Waals surface area (Å²) in [7, 11) is 1.63. The molecule has 168 valence electrons. The Morgan fingerprint density at radius 1 is 1.25 bits per heavy atom. The summed E-state index contributed by atoms with van der Waals surface area (Å²) >= 11 is 0. The number of benzene rings is 1. The van der Waals surface area contributed by atoms with Crippen LogP contribution in [0.15, 0.2) is 30.6 Å². The lowest BCUT2D eigenvalue weighted by atomic mass is 9.99. The maximum atomic E-state index is 14.0. The maximum Gasteiger partial charge on any atom is 0.312 e. The minimum absolute atomic E-state index is 0.0309. The van der Waals surface area contributed by atoms with Crippen LogP contribution in [-0.4, -0.2) is 49.9 Å². The number of H-pyrrole nitrogens is 1. The first-order valence-corrected chi connectivity index (χ1v) is 10.5. The van der Waals surface area contributed by atoms with Crippen molar-refractivity contribution in [3.63, 3.8) is 0 Å². The summed E-state index contributed by atoms with van der Waals surface area (Å²) in [5.41, 5.74) is 9.70. The largest absolute Gasteiger partial charge is 0.497 e. The Morgan fingerprint density at radius 3 is 2.81 bits per heavy atom. The van der Waals surface area contributed by atoms with Gasteiger partial charge in [-0.25, -0.2) is 4.98 Å². The van der Waals surface area contributed by atoms with Crippen LogP contribution in [0.5, 0.6) is 5.75 Å². The Morgan fingerprint density at radius 2 is 2.09 bits per heavy atom. The number of aromatic nitrogens is 6. The van der Waals surface area contributed by atoms with Gasteiger partial charge in [-0.15, -0.1) is 0 Å². The number of anilines is 1. The summed E-state index contributed by atoms with van der Waals surface area (Å²) in [4.78, 5) is 12.3. The minimum Gasteiger partial charge on any atom is -0.497 e. The molecule has 0 saturated carbocycles. The molecule has 0 fully saturated rings. The number of halogens is 1. The summed E-state index contributed by atoms with van der Waals surface area (Å²) in [6.45, 7) is 6.44. The van der Waals surface area contributed by atoms with Crippen molar-refractivity contribution >= 4 is 17.0 Å². The highest BCUT2D eigenvalue weighted by Gasteiger charge is 2.19. The average Bonchev–Trinajstić information content (AvgIpc) is 3.40. The Kier molecular flexibility index (Phi) is 6.31. The number of nitrogens with zero attached hydrogens (tertiary/aromatic N) is 5. The van der Waals surface area contributed by atoms with Gasteiger partial charge >= 0.3 is 6.08 Å². The molecule has 0 spiro atoms. The Bertz CT molecular complexity index is 1200. The number of rotatable bonds is 9. The Hall–Kier alpha value is -3.53. The second kappa shape index (κ2) is 9.31. The van der Waals surface area contributed by atoms with E-state index >= 15 is 0 Å². The van der Waals surface area contributed by atoms with Gasteiger partial charge in [0.1, 0.15) is 11.6 Å². The van der Waals surface area contributed by atoms with Crippen LogP contribution in [0.2, 0.25) is 0 Å². The van der Waals surface area contributed by atoms with Crippen LogP contribution < -0.4 is 15.8 Å². The normalized spacial score (nSPS) is 11.5. The van der Waals surface area contributed by atoms with Gasteiger partial charge < -0.3 is 20.4 Å². The summed E-state index contributed by atoms with van der Waals surface area (Å²) in [5.74, 6) is 2.01. The van der Waals surface area contributed by atoms with E-state index in [0.29, 0.717) is 36.6 Å². The highest BCUT2D eigenvalue weighted by atomic mass is 19.1. The zero-order valence-corrected chi connectivity index (χ0v) is 18.4. The lowest BCUT2D eigenvalue weighted by molar-refractivity contribution is 0.414. The molecule has 9 nitrogen and oxygen atoms in total. The van der Waals surface area contributed by atoms with E-state index in [1.807, 2.05) is 29.0 Å². The van der Waals surface area contributed by atoms with Crippen molar-refractivity contribution in [3.8, 4) is 16.9 Å². The summed E-state index contributed by atoms with van der Waals surface area (Å²) in [6, 6.07) is 5.87. The fourth-order valence-corrected chi connectivity index (χ4v) is 3.68. The molecule has 4 rings (SSSR count). The Labute approximate surface area is 185 Å². The van der Waals surface area contributed by atoms with E-state index < -0.39 is 6.08 Å². The van der Waals surface area contributed by atoms with Crippen molar-refractivity contribution < 1.29 is 9.13 Å². The molecule has 0 saturated heterocycles. The van der Waals surface area contributed by atoms with E-state index in [1.54, 1.807) is 13.3 Å². The zero-order valence-electron chi connectivity index (χ0n) is 18.4. The van der Waals surface area contributed by atoms with E-state index in [2.05, 4.69) is 39.3 Å². The molecule has 0 aliphatic carbocycles. The van der Waals surface area contributed by atoms with Crippen molar-refractivity contribution in [2.45, 2.75) is 26.8 Å². The number of nitrogen functional groups attached to an aromatic ring is 1. The van der Waals surface area contributed by atoms with E-state index in [0.717, 1.165) is 34.8 Å². The molecule has 0 unspecified atom stereocenters. The predicted molar refractivity (Wildman–Crippen MR) is 121 cm³/mol. The molecular formula is C22H27FN8O. The smallest absolute Gasteiger partial charge is 0.312 e. The first-order valence-electron chi connectivity index (χ1n) is 10.5. The van der Waals surface area contributed by atoms with Gasteiger partial charge in [-0.1, -0.05) is 19.9 Å². The third-order valence-corrected chi connectivity index (χ3v) is 5.21. The van der Waals surface area contributed by atoms with Crippen LogP contribution in [0.4, 0.5) is 10.2 Å². The first kappa shape index (κ1) is 21.7. The zero-order chi connectivity index (χ0) is 22.7. The monoisotopic (exact) mass is 438 g/mol. The SMILES string of the molecule is COc1ccc(-c2cn[nH]c2)c(Cc2nc3c(N)nc(F)nc3n2CCNCC(C)C)c1. The van der Waals surface area contributed by atoms with Gasteiger partial charge in [-0.05, 0) is 35.7 Å². The van der Waals surface area contributed by atoms with E-state index in [-0.39, 0.29) is 5.82 Å². The van der Waals surface area contributed by atoms with E-state index in [1.165, 1.54) is 0 Å². The van der Waals surface area contributed by atoms with Crippen LogP contribution >= 0.6 is 0 Å². The molecule has 0 amide bonds. The standard InChI is InChI=1S/C22H27FN8O/c1-13(2)10-25-6-7-31-18(28-19-20(24)29-22(23)30-21(19)31)9-14-8-16(32-3)4-5-17(14)15-11-26-27-12-15/h4-5,8,11-13,25H,6-7,9-10H2,1-3H3,(H,26,27)(H2,24,29,30). The van der Waals surface area contributed by atoms with Crippen LogP contribution in [0.3, 0.4) is 0 Å². The number of methoxy groups -OCH3 is 1. The number of nitrogens with two attached hydrogens (primary N) is 1. The number of nitrogens with one attached hydrogen (secondary N) is 2. The minimum atomic E-state index is -0.863. The molecule has 0 aliphatic heterocycles. The van der Waals surface area contributed by atoms with Crippen molar-refractivity contribution in [1.29, 1.82) is 0 Å². The summed E-state index contributed by atoms with van der Waals surface area (Å²) in [5, 5.41) is 10.3. The van der Waals surface area contributed by atoms with Gasteiger partial charge in [0.2, 0.25) is 0 Å². The molecule has 10 heteroatoms. The van der Waals surface area contributed by atoms with Crippen molar-refractivity contribution in [2.24, 2.45) is 5.92 Å². The van der Waals surface area contributed by atoms with E-state index in [4.69, 9.17) is 15.5 Å². The molecule has 1 aromatic carbocycles. The molecular weight excluding hydrogens is 411 g/mol. The molecule has 0 radical (unpaired) electrons. The van der Waals surface area contributed by atoms with E-state index in [9.17, 15) is 4.39 Å². The fraction of sp³-hybridized carbons (Fsp3) is 0.364. The van der Waals surface area contributed by atoms with Crippen molar-refractivity contribution in [1.82, 2.24) is 35.0 Å². The van der Waals surface area contributed by atoms with Gasteiger partial charge in [0, 0.05) is 31.3 Å². The third kappa shape index (κ3) is 4.54. The average molecular weight is 439 g/mol. The summed E-state index contributed by atoms with van der Waals surface area (Å²) < 4.78 is 21.3. The topological polar surface area (TPSA) is 120 Å². The third-order valence-electron chi connectivity index (χ3n) is 5.21. The molecule has 0 aliphatic rings. The number of imidazole rings is 1. The second-order valence-corrected chi connectivity index (χ2v) is 8.01.